The summed E-state index contributed by atoms with van der Waals surface area (Å²) in [7, 11) is 1.66. The molecule has 2 rings (SSSR count). The molecule has 1 amide bonds. The molecule has 0 aromatic heterocycles. The molecule has 0 spiro atoms. The van der Waals surface area contributed by atoms with Crippen LogP contribution in [0.3, 0.4) is 0 Å². The van der Waals surface area contributed by atoms with Crippen LogP contribution in [0.5, 0.6) is 5.75 Å². The monoisotopic (exact) mass is 326 g/mol. The topological polar surface area (TPSA) is 50.4 Å². The van der Waals surface area contributed by atoms with Gasteiger partial charge in [-0.2, -0.15) is 0 Å². The van der Waals surface area contributed by atoms with E-state index < -0.39 is 0 Å². The number of carbonyl (C=O) groups is 1. The lowest BCUT2D eigenvalue weighted by atomic mass is 10.1. The third-order valence-corrected chi connectivity index (χ3v) is 4.04. The lowest BCUT2D eigenvalue weighted by Crippen LogP contribution is -2.31. The van der Waals surface area contributed by atoms with Gasteiger partial charge in [0.25, 0.3) is 0 Å². The van der Waals surface area contributed by atoms with Gasteiger partial charge in [0, 0.05) is 12.2 Å². The molecule has 0 unspecified atom stereocenters. The first-order valence-electron chi connectivity index (χ1n) is 8.36. The van der Waals surface area contributed by atoms with Crippen molar-refractivity contribution in [2.45, 2.75) is 26.7 Å². The third kappa shape index (κ3) is 5.01. The summed E-state index contributed by atoms with van der Waals surface area (Å²) in [5, 5.41) is 6.22. The maximum absolute atomic E-state index is 12.0. The molecule has 0 saturated carbocycles. The Bertz CT molecular complexity index is 683. The van der Waals surface area contributed by atoms with Crippen LogP contribution in [0.25, 0.3) is 0 Å². The maximum Gasteiger partial charge on any atom is 0.239 e. The van der Waals surface area contributed by atoms with E-state index in [1.807, 2.05) is 30.3 Å². The highest BCUT2D eigenvalue weighted by molar-refractivity contribution is 5.81. The van der Waals surface area contributed by atoms with Crippen LogP contribution in [0.15, 0.2) is 42.5 Å². The third-order valence-electron chi connectivity index (χ3n) is 4.04. The minimum atomic E-state index is 0.00297. The van der Waals surface area contributed by atoms with E-state index in [9.17, 15) is 4.79 Å². The Balaban J connectivity index is 1.80. The van der Waals surface area contributed by atoms with E-state index in [1.54, 1.807) is 7.11 Å². The highest BCUT2D eigenvalue weighted by Crippen LogP contribution is 2.20. The van der Waals surface area contributed by atoms with Crippen LogP contribution in [0.4, 0.5) is 5.69 Å². The number of amides is 1. The first kappa shape index (κ1) is 17.9. The second-order valence-electron chi connectivity index (χ2n) is 5.77. The largest absolute Gasteiger partial charge is 0.497 e. The summed E-state index contributed by atoms with van der Waals surface area (Å²) in [6.45, 7) is 5.08. The minimum absolute atomic E-state index is 0.00297. The van der Waals surface area contributed by atoms with Crippen LogP contribution >= 0.6 is 0 Å². The summed E-state index contributed by atoms with van der Waals surface area (Å²) < 4.78 is 5.21. The number of rotatable bonds is 8. The Hall–Kier alpha value is -2.49. The maximum atomic E-state index is 12.0. The molecule has 2 N–H and O–H groups in total. The summed E-state index contributed by atoms with van der Waals surface area (Å²) in [5.41, 5.74) is 4.62. The van der Waals surface area contributed by atoms with Gasteiger partial charge in [0.2, 0.25) is 5.91 Å². The number of nitrogens with one attached hydrogen (secondary N) is 2. The first-order valence-corrected chi connectivity index (χ1v) is 8.36. The Morgan fingerprint density at radius 1 is 1.17 bits per heavy atom. The van der Waals surface area contributed by atoms with Crippen molar-refractivity contribution in [1.82, 2.24) is 5.32 Å². The van der Waals surface area contributed by atoms with Crippen molar-refractivity contribution >= 4 is 11.6 Å². The van der Waals surface area contributed by atoms with Crippen LogP contribution in [-0.2, 0) is 17.6 Å². The molecule has 128 valence electrons. The predicted octanol–water partition coefficient (Wildman–Crippen LogP) is 3.34. The van der Waals surface area contributed by atoms with Crippen molar-refractivity contribution in [3.8, 4) is 5.75 Å². The van der Waals surface area contributed by atoms with Crippen LogP contribution < -0.4 is 15.4 Å². The molecular weight excluding hydrogens is 300 g/mol. The van der Waals surface area contributed by atoms with E-state index in [4.69, 9.17) is 4.74 Å². The number of methoxy groups -OCH3 is 1. The van der Waals surface area contributed by atoms with E-state index >= 15 is 0 Å². The zero-order valence-corrected chi connectivity index (χ0v) is 14.7. The molecule has 0 aliphatic rings. The number of ether oxygens (including phenoxy) is 1. The predicted molar refractivity (Wildman–Crippen MR) is 98.8 cm³/mol. The van der Waals surface area contributed by atoms with Gasteiger partial charge in [0.05, 0.1) is 13.7 Å². The standard InChI is InChI=1S/C20H26N2O2/c1-4-17-9-5-7-15(2)20(17)22-14-19(23)21-12-11-16-8-6-10-18(13-16)24-3/h5-10,13,22H,4,11-12,14H2,1-3H3,(H,21,23). The van der Waals surface area contributed by atoms with Gasteiger partial charge < -0.3 is 15.4 Å². The number of aryl methyl sites for hydroxylation is 2. The zero-order chi connectivity index (χ0) is 17.4. The molecule has 0 radical (unpaired) electrons. The molecule has 4 nitrogen and oxygen atoms in total. The zero-order valence-electron chi connectivity index (χ0n) is 14.7. The van der Waals surface area contributed by atoms with E-state index in [2.05, 4.69) is 36.6 Å². The van der Waals surface area contributed by atoms with Gasteiger partial charge in [0.1, 0.15) is 5.75 Å². The average Bonchev–Trinajstić information content (AvgIpc) is 2.60. The van der Waals surface area contributed by atoms with Crippen LogP contribution in [0.2, 0.25) is 0 Å². The Morgan fingerprint density at radius 2 is 1.96 bits per heavy atom. The molecule has 24 heavy (non-hydrogen) atoms. The first-order chi connectivity index (χ1) is 11.6. The van der Waals surface area contributed by atoms with Crippen LogP contribution in [0, 0.1) is 6.92 Å². The second-order valence-corrected chi connectivity index (χ2v) is 5.77. The lowest BCUT2D eigenvalue weighted by Gasteiger charge is -2.14. The van der Waals surface area contributed by atoms with Crippen molar-refractivity contribution in [1.29, 1.82) is 0 Å². The van der Waals surface area contributed by atoms with E-state index in [0.717, 1.165) is 29.8 Å². The smallest absolute Gasteiger partial charge is 0.239 e. The van der Waals surface area contributed by atoms with Gasteiger partial charge in [0.15, 0.2) is 0 Å². The molecule has 2 aromatic carbocycles. The number of carbonyl (C=O) groups excluding carboxylic acids is 1. The molecule has 0 aliphatic heterocycles. The van der Waals surface area contributed by atoms with Crippen molar-refractivity contribution < 1.29 is 9.53 Å². The Morgan fingerprint density at radius 3 is 2.71 bits per heavy atom. The highest BCUT2D eigenvalue weighted by Gasteiger charge is 2.06. The lowest BCUT2D eigenvalue weighted by molar-refractivity contribution is -0.119. The number of hydrogen-bond acceptors (Lipinski definition) is 3. The molecule has 4 heteroatoms. The molecule has 0 saturated heterocycles. The van der Waals surface area contributed by atoms with Gasteiger partial charge in [-0.15, -0.1) is 0 Å². The van der Waals surface area contributed by atoms with Gasteiger partial charge in [-0.25, -0.2) is 0 Å². The number of para-hydroxylation sites is 1. The SMILES string of the molecule is CCc1cccc(C)c1NCC(=O)NCCc1cccc(OC)c1. The van der Waals surface area contributed by atoms with Crippen LogP contribution in [-0.4, -0.2) is 26.1 Å². The fourth-order valence-electron chi connectivity index (χ4n) is 2.68. The number of anilines is 1. The molecule has 0 heterocycles. The minimum Gasteiger partial charge on any atom is -0.497 e. The second kappa shape index (κ2) is 8.96. The van der Waals surface area contributed by atoms with Crippen molar-refractivity contribution in [2.24, 2.45) is 0 Å². The van der Waals surface area contributed by atoms with Gasteiger partial charge >= 0.3 is 0 Å². The molecule has 0 fully saturated rings. The molecule has 0 bridgehead atoms. The normalized spacial score (nSPS) is 10.3. The fourth-order valence-corrected chi connectivity index (χ4v) is 2.68. The molecule has 0 atom stereocenters. The van der Waals surface area contributed by atoms with E-state index in [-0.39, 0.29) is 12.5 Å². The van der Waals surface area contributed by atoms with E-state index in [1.165, 1.54) is 11.1 Å². The molecular formula is C20H26N2O2. The van der Waals surface area contributed by atoms with Gasteiger partial charge in [-0.3, -0.25) is 4.79 Å². The Labute approximate surface area is 144 Å². The van der Waals surface area contributed by atoms with Crippen molar-refractivity contribution in [2.75, 3.05) is 25.5 Å². The number of hydrogen-bond donors (Lipinski definition) is 2. The van der Waals surface area contributed by atoms with Crippen molar-refractivity contribution in [3.05, 3.63) is 59.2 Å². The Kier molecular flexibility index (Phi) is 6.67. The molecule has 2 aromatic rings. The highest BCUT2D eigenvalue weighted by atomic mass is 16.5. The molecule has 0 aliphatic carbocycles. The number of benzene rings is 2. The summed E-state index contributed by atoms with van der Waals surface area (Å²) in [5.74, 6) is 0.843. The van der Waals surface area contributed by atoms with Crippen molar-refractivity contribution in [3.63, 3.8) is 0 Å². The van der Waals surface area contributed by atoms with Gasteiger partial charge in [-0.05, 0) is 48.6 Å². The average molecular weight is 326 g/mol. The summed E-state index contributed by atoms with van der Waals surface area (Å²) in [6, 6.07) is 14.1. The quantitative estimate of drug-likeness (QED) is 0.782. The summed E-state index contributed by atoms with van der Waals surface area (Å²) in [6.07, 6.45) is 1.73. The van der Waals surface area contributed by atoms with E-state index in [0.29, 0.717) is 6.54 Å². The summed E-state index contributed by atoms with van der Waals surface area (Å²) >= 11 is 0. The fraction of sp³-hybridized carbons (Fsp3) is 0.350. The van der Waals surface area contributed by atoms with Gasteiger partial charge in [-0.1, -0.05) is 37.3 Å². The van der Waals surface area contributed by atoms with Crippen LogP contribution in [0.1, 0.15) is 23.6 Å². The summed E-state index contributed by atoms with van der Waals surface area (Å²) in [4.78, 5) is 12.0.